The van der Waals surface area contributed by atoms with E-state index in [4.69, 9.17) is 9.47 Å². The van der Waals surface area contributed by atoms with Crippen LogP contribution in [0, 0.1) is 0 Å². The summed E-state index contributed by atoms with van der Waals surface area (Å²) in [5.41, 5.74) is 0.161. The molecule has 0 saturated heterocycles. The maximum absolute atomic E-state index is 13.2. The first-order valence-electron chi connectivity index (χ1n) is 8.59. The SMILES string of the molecule is COc1cc(C(O)c2ccccc2C(F)(F)F)ccc1OCc1ccccc1. The van der Waals surface area contributed by atoms with Gasteiger partial charge in [-0.15, -0.1) is 0 Å². The average molecular weight is 388 g/mol. The molecule has 0 amide bonds. The second kappa shape index (κ2) is 8.35. The van der Waals surface area contributed by atoms with Gasteiger partial charge in [0.2, 0.25) is 0 Å². The van der Waals surface area contributed by atoms with E-state index in [9.17, 15) is 18.3 Å². The van der Waals surface area contributed by atoms with Gasteiger partial charge in [-0.05, 0) is 34.9 Å². The molecule has 0 aromatic heterocycles. The molecule has 1 atom stereocenters. The monoisotopic (exact) mass is 388 g/mol. The van der Waals surface area contributed by atoms with Gasteiger partial charge in [-0.3, -0.25) is 0 Å². The zero-order chi connectivity index (χ0) is 20.1. The Labute approximate surface area is 161 Å². The molecule has 0 bridgehead atoms. The summed E-state index contributed by atoms with van der Waals surface area (Å²) >= 11 is 0. The zero-order valence-electron chi connectivity index (χ0n) is 15.1. The van der Waals surface area contributed by atoms with Crippen LogP contribution in [0.4, 0.5) is 13.2 Å². The van der Waals surface area contributed by atoms with Gasteiger partial charge in [-0.2, -0.15) is 13.2 Å². The van der Waals surface area contributed by atoms with Crippen LogP contribution in [-0.2, 0) is 12.8 Å². The highest BCUT2D eigenvalue weighted by atomic mass is 19.4. The van der Waals surface area contributed by atoms with Crippen molar-refractivity contribution in [1.82, 2.24) is 0 Å². The maximum atomic E-state index is 13.2. The van der Waals surface area contributed by atoms with Gasteiger partial charge >= 0.3 is 6.18 Å². The van der Waals surface area contributed by atoms with Gasteiger partial charge in [-0.25, -0.2) is 0 Å². The lowest BCUT2D eigenvalue weighted by atomic mass is 9.96. The lowest BCUT2D eigenvalue weighted by Crippen LogP contribution is -2.12. The van der Waals surface area contributed by atoms with E-state index in [1.54, 1.807) is 6.07 Å². The molecule has 0 aliphatic carbocycles. The summed E-state index contributed by atoms with van der Waals surface area (Å²) in [6.07, 6.45) is -6.00. The highest BCUT2D eigenvalue weighted by molar-refractivity contribution is 5.46. The molecule has 1 unspecified atom stereocenters. The summed E-state index contributed by atoms with van der Waals surface area (Å²) in [6, 6.07) is 19.1. The second-order valence-electron chi connectivity index (χ2n) is 6.17. The van der Waals surface area contributed by atoms with Crippen LogP contribution in [0.15, 0.2) is 72.8 Å². The van der Waals surface area contributed by atoms with Crippen LogP contribution in [0.25, 0.3) is 0 Å². The molecule has 0 heterocycles. The molecule has 0 saturated carbocycles. The summed E-state index contributed by atoms with van der Waals surface area (Å²) in [5.74, 6) is 0.767. The minimum absolute atomic E-state index is 0.213. The van der Waals surface area contributed by atoms with Gasteiger partial charge in [-0.1, -0.05) is 54.6 Å². The van der Waals surface area contributed by atoms with Crippen LogP contribution in [0.2, 0.25) is 0 Å². The lowest BCUT2D eigenvalue weighted by molar-refractivity contribution is -0.139. The van der Waals surface area contributed by atoms with Crippen molar-refractivity contribution in [1.29, 1.82) is 0 Å². The van der Waals surface area contributed by atoms with Gasteiger partial charge in [0, 0.05) is 0 Å². The zero-order valence-corrected chi connectivity index (χ0v) is 15.1. The molecule has 6 heteroatoms. The Morgan fingerprint density at radius 2 is 1.57 bits per heavy atom. The van der Waals surface area contributed by atoms with Gasteiger partial charge < -0.3 is 14.6 Å². The Balaban J connectivity index is 1.86. The third-order valence-electron chi connectivity index (χ3n) is 4.30. The number of halogens is 3. The fourth-order valence-corrected chi connectivity index (χ4v) is 2.88. The third-order valence-corrected chi connectivity index (χ3v) is 4.30. The Hall–Kier alpha value is -2.99. The fourth-order valence-electron chi connectivity index (χ4n) is 2.88. The van der Waals surface area contributed by atoms with Crippen molar-refractivity contribution in [3.05, 3.63) is 95.1 Å². The molecule has 1 N–H and O–H groups in total. The average Bonchev–Trinajstić information content (AvgIpc) is 2.71. The predicted molar refractivity (Wildman–Crippen MR) is 99.3 cm³/mol. The summed E-state index contributed by atoms with van der Waals surface area (Å²) < 4.78 is 50.8. The number of benzene rings is 3. The highest BCUT2D eigenvalue weighted by Crippen LogP contribution is 2.38. The molecule has 3 nitrogen and oxygen atoms in total. The van der Waals surface area contributed by atoms with Crippen LogP contribution < -0.4 is 9.47 Å². The first-order chi connectivity index (χ1) is 13.4. The molecule has 0 spiro atoms. The molecule has 146 valence electrons. The number of aliphatic hydroxyl groups is 1. The number of rotatable bonds is 6. The molecule has 0 aliphatic rings. The minimum Gasteiger partial charge on any atom is -0.493 e. The second-order valence-corrected chi connectivity index (χ2v) is 6.17. The van der Waals surface area contributed by atoms with Crippen LogP contribution in [0.3, 0.4) is 0 Å². The third kappa shape index (κ3) is 4.46. The molecular formula is C22H19F3O3. The van der Waals surface area contributed by atoms with E-state index in [0.717, 1.165) is 11.6 Å². The van der Waals surface area contributed by atoms with Crippen molar-refractivity contribution < 1.29 is 27.8 Å². The number of methoxy groups -OCH3 is 1. The van der Waals surface area contributed by atoms with Gasteiger partial charge in [0.15, 0.2) is 11.5 Å². The number of hydrogen-bond donors (Lipinski definition) is 1. The molecular weight excluding hydrogens is 369 g/mol. The van der Waals surface area contributed by atoms with Gasteiger partial charge in [0.05, 0.1) is 12.7 Å². The summed E-state index contributed by atoms with van der Waals surface area (Å²) in [6.45, 7) is 0.315. The Kier molecular flexibility index (Phi) is 5.90. The van der Waals surface area contributed by atoms with Crippen molar-refractivity contribution in [3.63, 3.8) is 0 Å². The Morgan fingerprint density at radius 1 is 0.893 bits per heavy atom. The van der Waals surface area contributed by atoms with E-state index in [0.29, 0.717) is 18.1 Å². The molecule has 3 rings (SSSR count). The molecule has 0 fully saturated rings. The van der Waals surface area contributed by atoms with Crippen molar-refractivity contribution in [3.8, 4) is 11.5 Å². The number of ether oxygens (including phenoxy) is 2. The van der Waals surface area contributed by atoms with E-state index in [1.165, 1.54) is 37.4 Å². The van der Waals surface area contributed by atoms with Crippen molar-refractivity contribution >= 4 is 0 Å². The molecule has 3 aromatic carbocycles. The lowest BCUT2D eigenvalue weighted by Gasteiger charge is -2.19. The van der Waals surface area contributed by atoms with Crippen molar-refractivity contribution in [2.45, 2.75) is 18.9 Å². The van der Waals surface area contributed by atoms with Crippen LogP contribution >= 0.6 is 0 Å². The van der Waals surface area contributed by atoms with Crippen LogP contribution in [-0.4, -0.2) is 12.2 Å². The smallest absolute Gasteiger partial charge is 0.416 e. The summed E-state index contributed by atoms with van der Waals surface area (Å²) in [5, 5.41) is 10.6. The predicted octanol–water partition coefficient (Wildman–Crippen LogP) is 5.37. The van der Waals surface area contributed by atoms with Crippen molar-refractivity contribution in [2.75, 3.05) is 7.11 Å². The first kappa shape index (κ1) is 19.8. The topological polar surface area (TPSA) is 38.7 Å². The normalized spacial score (nSPS) is 12.5. The first-order valence-corrected chi connectivity index (χ1v) is 8.59. The van der Waals surface area contributed by atoms with Crippen LogP contribution in [0.1, 0.15) is 28.4 Å². The van der Waals surface area contributed by atoms with E-state index in [2.05, 4.69) is 0 Å². The van der Waals surface area contributed by atoms with E-state index in [1.807, 2.05) is 30.3 Å². The molecule has 3 aromatic rings. The molecule has 0 aliphatic heterocycles. The van der Waals surface area contributed by atoms with Gasteiger partial charge in [0.25, 0.3) is 0 Å². The Morgan fingerprint density at radius 3 is 2.25 bits per heavy atom. The number of hydrogen-bond acceptors (Lipinski definition) is 3. The minimum atomic E-state index is -4.56. The van der Waals surface area contributed by atoms with E-state index < -0.39 is 17.8 Å². The molecule has 0 radical (unpaired) electrons. The fraction of sp³-hybridized carbons (Fsp3) is 0.182. The number of aliphatic hydroxyl groups excluding tert-OH is 1. The Bertz CT molecular complexity index is 924. The maximum Gasteiger partial charge on any atom is 0.416 e. The van der Waals surface area contributed by atoms with Crippen molar-refractivity contribution in [2.24, 2.45) is 0 Å². The van der Waals surface area contributed by atoms with Gasteiger partial charge in [0.1, 0.15) is 12.7 Å². The van der Waals surface area contributed by atoms with E-state index >= 15 is 0 Å². The number of alkyl halides is 3. The quantitative estimate of drug-likeness (QED) is 0.617. The largest absolute Gasteiger partial charge is 0.493 e. The van der Waals surface area contributed by atoms with Crippen LogP contribution in [0.5, 0.6) is 11.5 Å². The standard InChI is InChI=1S/C22H19F3O3/c1-27-20-13-16(11-12-19(20)28-14-15-7-3-2-4-8-15)21(26)17-9-5-6-10-18(17)22(23,24)25/h2-13,21,26H,14H2,1H3. The summed E-state index contributed by atoms with van der Waals surface area (Å²) in [4.78, 5) is 0. The van der Waals surface area contributed by atoms with E-state index in [-0.39, 0.29) is 11.1 Å². The molecule has 28 heavy (non-hydrogen) atoms. The summed E-state index contributed by atoms with van der Waals surface area (Å²) in [7, 11) is 1.44. The highest BCUT2D eigenvalue weighted by Gasteiger charge is 2.35.